The first-order valence-corrected chi connectivity index (χ1v) is 7.07. The van der Waals surface area contributed by atoms with Crippen LogP contribution < -0.4 is 5.32 Å². The van der Waals surface area contributed by atoms with Gasteiger partial charge in [0.25, 0.3) is 0 Å². The third-order valence-corrected chi connectivity index (χ3v) is 4.35. The minimum Gasteiger partial charge on any atom is -0.467 e. The topological polar surface area (TPSA) is 95.9 Å². The molecular formula is C17H19NO5. The maximum absolute atomic E-state index is 12.3. The van der Waals surface area contributed by atoms with Crippen molar-refractivity contribution >= 4 is 11.9 Å². The lowest BCUT2D eigenvalue weighted by Gasteiger charge is -2.38. The van der Waals surface area contributed by atoms with Crippen molar-refractivity contribution in [2.75, 3.05) is 13.7 Å². The van der Waals surface area contributed by atoms with E-state index < -0.39 is 35.0 Å². The summed E-state index contributed by atoms with van der Waals surface area (Å²) in [7, 11) is 1.11. The number of carbonyl (C=O) groups excluding carboxylic acids is 2. The van der Waals surface area contributed by atoms with E-state index in [1.807, 2.05) is 6.07 Å². The van der Waals surface area contributed by atoms with E-state index in [1.54, 1.807) is 24.3 Å². The predicted octanol–water partition coefficient (Wildman–Crippen LogP) is -0.171. The molecule has 0 aromatic heterocycles. The molecule has 0 bridgehead atoms. The molecule has 0 unspecified atom stereocenters. The standard InChI is InChI=1S/C17H19NO5/c1-15(2)13(20)18-16(11-19,14(21)23-3)17(15,22)10-9-12-7-5-4-6-8-12/h4-8,19,22H,11H2,1-3H3,(H,18,20)/t16-,17-/m0/s1. The fourth-order valence-electron chi connectivity index (χ4n) is 2.68. The Labute approximate surface area is 134 Å². The molecule has 2 atom stereocenters. The van der Waals surface area contributed by atoms with E-state index in [0.717, 1.165) is 7.11 Å². The first kappa shape index (κ1) is 17.0. The van der Waals surface area contributed by atoms with Gasteiger partial charge in [0, 0.05) is 5.56 Å². The number of nitrogens with one attached hydrogen (secondary N) is 1. The largest absolute Gasteiger partial charge is 0.467 e. The number of hydrogen-bond donors (Lipinski definition) is 3. The van der Waals surface area contributed by atoms with E-state index in [9.17, 15) is 19.8 Å². The molecule has 1 saturated heterocycles. The molecule has 6 nitrogen and oxygen atoms in total. The number of benzene rings is 1. The Morgan fingerprint density at radius 3 is 2.43 bits per heavy atom. The molecule has 1 aliphatic heterocycles. The van der Waals surface area contributed by atoms with Crippen molar-refractivity contribution in [3.05, 3.63) is 35.9 Å². The first-order valence-electron chi connectivity index (χ1n) is 7.07. The summed E-state index contributed by atoms with van der Waals surface area (Å²) >= 11 is 0. The van der Waals surface area contributed by atoms with Gasteiger partial charge in [-0.15, -0.1) is 0 Å². The van der Waals surface area contributed by atoms with Crippen molar-refractivity contribution in [1.82, 2.24) is 5.32 Å². The molecule has 1 aromatic carbocycles. The maximum Gasteiger partial charge on any atom is 0.338 e. The number of carbonyl (C=O) groups is 2. The predicted molar refractivity (Wildman–Crippen MR) is 82.0 cm³/mol. The SMILES string of the molecule is COC(=O)[C@]1(CO)NC(=O)C(C)(C)[C@@]1(O)C#Cc1ccccc1. The summed E-state index contributed by atoms with van der Waals surface area (Å²) in [6, 6.07) is 8.82. The molecule has 0 radical (unpaired) electrons. The molecule has 6 heteroatoms. The minimum absolute atomic E-state index is 0.596. The second-order valence-corrected chi connectivity index (χ2v) is 5.96. The highest BCUT2D eigenvalue weighted by Crippen LogP contribution is 2.45. The number of methoxy groups -OCH3 is 1. The fraction of sp³-hybridized carbons (Fsp3) is 0.412. The Bertz CT molecular complexity index is 688. The average Bonchev–Trinajstić information content (AvgIpc) is 2.71. The molecule has 122 valence electrons. The number of aliphatic hydroxyl groups excluding tert-OH is 1. The van der Waals surface area contributed by atoms with Crippen molar-refractivity contribution in [1.29, 1.82) is 0 Å². The molecule has 1 fully saturated rings. The molecule has 1 aliphatic rings. The van der Waals surface area contributed by atoms with Crippen molar-refractivity contribution in [3.63, 3.8) is 0 Å². The van der Waals surface area contributed by atoms with E-state index in [0.29, 0.717) is 5.56 Å². The van der Waals surface area contributed by atoms with Crippen LogP contribution in [0.4, 0.5) is 0 Å². The first-order chi connectivity index (χ1) is 10.7. The summed E-state index contributed by atoms with van der Waals surface area (Å²) in [5.41, 5.74) is -5.00. The van der Waals surface area contributed by atoms with Gasteiger partial charge in [0.1, 0.15) is 0 Å². The smallest absolute Gasteiger partial charge is 0.338 e. The van der Waals surface area contributed by atoms with Gasteiger partial charge in [0.2, 0.25) is 11.4 Å². The van der Waals surface area contributed by atoms with Crippen LogP contribution in [0, 0.1) is 17.3 Å². The van der Waals surface area contributed by atoms with E-state index in [-0.39, 0.29) is 0 Å². The third-order valence-electron chi connectivity index (χ3n) is 4.35. The summed E-state index contributed by atoms with van der Waals surface area (Å²) in [6.45, 7) is 2.08. The second kappa shape index (κ2) is 5.69. The van der Waals surface area contributed by atoms with Crippen molar-refractivity contribution in [2.24, 2.45) is 5.41 Å². The average molecular weight is 317 g/mol. The lowest BCUT2D eigenvalue weighted by atomic mass is 9.68. The molecule has 1 aromatic rings. The summed E-state index contributed by atoms with van der Waals surface area (Å²) in [5, 5.41) is 23.3. The third kappa shape index (κ3) is 2.29. The van der Waals surface area contributed by atoms with Gasteiger partial charge in [-0.05, 0) is 26.0 Å². The van der Waals surface area contributed by atoms with Crippen molar-refractivity contribution in [2.45, 2.75) is 25.0 Å². The number of esters is 1. The van der Waals surface area contributed by atoms with Crippen LogP contribution in [-0.4, -0.2) is 46.9 Å². The van der Waals surface area contributed by atoms with Crippen LogP contribution in [0.15, 0.2) is 30.3 Å². The molecule has 3 N–H and O–H groups in total. The molecule has 0 saturated carbocycles. The highest BCUT2D eigenvalue weighted by Gasteiger charge is 2.72. The number of hydrogen-bond acceptors (Lipinski definition) is 5. The zero-order valence-corrected chi connectivity index (χ0v) is 13.2. The fourth-order valence-corrected chi connectivity index (χ4v) is 2.68. The molecule has 2 rings (SSSR count). The minimum atomic E-state index is -2.14. The maximum atomic E-state index is 12.3. The summed E-state index contributed by atoms with van der Waals surface area (Å²) in [4.78, 5) is 24.5. The van der Waals surface area contributed by atoms with E-state index >= 15 is 0 Å². The van der Waals surface area contributed by atoms with Crippen LogP contribution in [0.2, 0.25) is 0 Å². The number of aliphatic hydroxyl groups is 2. The number of rotatable bonds is 2. The van der Waals surface area contributed by atoms with Gasteiger partial charge in [-0.1, -0.05) is 30.0 Å². The van der Waals surface area contributed by atoms with Crippen LogP contribution in [0.25, 0.3) is 0 Å². The van der Waals surface area contributed by atoms with Crippen molar-refractivity contribution < 1.29 is 24.5 Å². The Morgan fingerprint density at radius 1 is 1.30 bits per heavy atom. The lowest BCUT2D eigenvalue weighted by molar-refractivity contribution is -0.162. The summed E-state index contributed by atoms with van der Waals surface area (Å²) < 4.78 is 4.68. The Balaban J connectivity index is 2.63. The molecular weight excluding hydrogens is 298 g/mol. The molecule has 1 heterocycles. The van der Waals surface area contributed by atoms with E-state index in [4.69, 9.17) is 0 Å². The van der Waals surface area contributed by atoms with E-state index in [1.165, 1.54) is 13.8 Å². The summed E-state index contributed by atoms with van der Waals surface area (Å²) in [5.74, 6) is 3.82. The van der Waals surface area contributed by atoms with Gasteiger partial charge in [-0.25, -0.2) is 4.79 Å². The van der Waals surface area contributed by atoms with Gasteiger partial charge in [-0.3, -0.25) is 4.79 Å². The van der Waals surface area contributed by atoms with Crippen LogP contribution in [0.3, 0.4) is 0 Å². The molecule has 0 aliphatic carbocycles. The normalized spacial score (nSPS) is 28.5. The lowest BCUT2D eigenvalue weighted by Crippen LogP contribution is -2.67. The van der Waals surface area contributed by atoms with Gasteiger partial charge < -0.3 is 20.3 Å². The van der Waals surface area contributed by atoms with Crippen LogP contribution in [-0.2, 0) is 14.3 Å². The zero-order valence-electron chi connectivity index (χ0n) is 13.2. The van der Waals surface area contributed by atoms with Gasteiger partial charge in [0.05, 0.1) is 19.1 Å². The Hall–Kier alpha value is -2.36. The van der Waals surface area contributed by atoms with Crippen LogP contribution >= 0.6 is 0 Å². The van der Waals surface area contributed by atoms with Crippen LogP contribution in [0.5, 0.6) is 0 Å². The van der Waals surface area contributed by atoms with Crippen LogP contribution in [0.1, 0.15) is 19.4 Å². The highest BCUT2D eigenvalue weighted by atomic mass is 16.5. The Morgan fingerprint density at radius 2 is 1.91 bits per heavy atom. The molecule has 1 amide bonds. The molecule has 0 spiro atoms. The summed E-state index contributed by atoms with van der Waals surface area (Å²) in [6.07, 6.45) is 0. The Kier molecular flexibility index (Phi) is 4.20. The highest BCUT2D eigenvalue weighted by molar-refractivity contribution is 5.99. The number of ether oxygens (including phenoxy) is 1. The van der Waals surface area contributed by atoms with E-state index in [2.05, 4.69) is 21.9 Å². The van der Waals surface area contributed by atoms with Gasteiger partial charge in [0.15, 0.2) is 5.60 Å². The second-order valence-electron chi connectivity index (χ2n) is 5.96. The molecule has 23 heavy (non-hydrogen) atoms. The van der Waals surface area contributed by atoms with Crippen molar-refractivity contribution in [3.8, 4) is 11.8 Å². The quantitative estimate of drug-likeness (QED) is 0.520. The monoisotopic (exact) mass is 317 g/mol. The zero-order chi connectivity index (χ0) is 17.3. The number of amides is 1. The van der Waals surface area contributed by atoms with Gasteiger partial charge >= 0.3 is 5.97 Å². The van der Waals surface area contributed by atoms with Gasteiger partial charge in [-0.2, -0.15) is 0 Å².